The summed E-state index contributed by atoms with van der Waals surface area (Å²) in [4.78, 5) is 25.0. The Kier molecular flexibility index (Phi) is 15.0. The molecular formula is C42H62N2O4+2. The van der Waals surface area contributed by atoms with Gasteiger partial charge in [-0.3, -0.25) is 0 Å². The van der Waals surface area contributed by atoms with Crippen molar-refractivity contribution in [3.63, 3.8) is 0 Å². The summed E-state index contributed by atoms with van der Waals surface area (Å²) in [6, 6.07) is 17.9. The molecule has 0 radical (unpaired) electrons. The summed E-state index contributed by atoms with van der Waals surface area (Å²) in [5, 5.41) is 0. The molecule has 262 valence electrons. The standard InChI is InChI=1S/C42H62N2O4/c1-5-29-47-41(45)33-43(23-9-7-10-24-43)27-21-35(3)31-37-13-17-39(18-14-37)40-19-15-38(16-20-40)32-36(4)22-28-44(25-11-8-12-26-44)34-42(46)48-30-6-2/h13-22H,5-12,23-34H2,1-4H3/q+2/b35-21+,36-22+. The lowest BCUT2D eigenvalue weighted by atomic mass is 9.98. The highest BCUT2D eigenvalue weighted by atomic mass is 16.5. The second-order valence-electron chi connectivity index (χ2n) is 14.7. The van der Waals surface area contributed by atoms with Crippen molar-refractivity contribution in [3.05, 3.63) is 83.0 Å². The lowest BCUT2D eigenvalue weighted by Crippen LogP contribution is -2.54. The number of carbonyl (C=O) groups is 2. The first-order valence-electron chi connectivity index (χ1n) is 18.7. The van der Waals surface area contributed by atoms with E-state index in [1.165, 1.54) is 71.9 Å². The maximum absolute atomic E-state index is 12.5. The Morgan fingerprint density at radius 2 is 0.938 bits per heavy atom. The smallest absolute Gasteiger partial charge is 0.361 e. The van der Waals surface area contributed by atoms with E-state index in [0.29, 0.717) is 26.3 Å². The number of ether oxygens (including phenoxy) is 2. The third kappa shape index (κ3) is 12.0. The Balaban J connectivity index is 1.30. The number of hydrogen-bond donors (Lipinski definition) is 0. The number of benzene rings is 2. The highest BCUT2D eigenvalue weighted by Crippen LogP contribution is 2.24. The zero-order chi connectivity index (χ0) is 34.2. The molecule has 2 aliphatic heterocycles. The molecule has 2 fully saturated rings. The molecule has 2 aromatic carbocycles. The van der Waals surface area contributed by atoms with Crippen LogP contribution < -0.4 is 0 Å². The normalized spacial score (nSPS) is 17.9. The van der Waals surface area contributed by atoms with E-state index in [4.69, 9.17) is 9.47 Å². The monoisotopic (exact) mass is 658 g/mol. The van der Waals surface area contributed by atoms with Gasteiger partial charge in [-0.25, -0.2) is 9.59 Å². The summed E-state index contributed by atoms with van der Waals surface area (Å²) in [6.07, 6.45) is 15.6. The van der Waals surface area contributed by atoms with Crippen LogP contribution in [-0.2, 0) is 31.9 Å². The van der Waals surface area contributed by atoms with Gasteiger partial charge in [0.1, 0.15) is 0 Å². The van der Waals surface area contributed by atoms with Crippen molar-refractivity contribution >= 4 is 11.9 Å². The van der Waals surface area contributed by atoms with Gasteiger partial charge in [0.15, 0.2) is 13.1 Å². The van der Waals surface area contributed by atoms with Gasteiger partial charge in [0.25, 0.3) is 0 Å². The summed E-state index contributed by atoms with van der Waals surface area (Å²) >= 11 is 0. The third-order valence-electron chi connectivity index (χ3n) is 10.3. The number of hydrogen-bond acceptors (Lipinski definition) is 4. The van der Waals surface area contributed by atoms with Crippen LogP contribution in [0.1, 0.15) is 90.2 Å². The second-order valence-corrected chi connectivity index (χ2v) is 14.7. The van der Waals surface area contributed by atoms with Crippen molar-refractivity contribution in [2.75, 3.05) is 65.6 Å². The fourth-order valence-electron chi connectivity index (χ4n) is 7.36. The highest BCUT2D eigenvalue weighted by Gasteiger charge is 2.33. The number of carbonyl (C=O) groups excluding carboxylic acids is 2. The molecule has 0 N–H and O–H groups in total. The lowest BCUT2D eigenvalue weighted by molar-refractivity contribution is -0.920. The van der Waals surface area contributed by atoms with Crippen molar-refractivity contribution in [2.45, 2.75) is 91.9 Å². The topological polar surface area (TPSA) is 52.6 Å². The number of allylic oxidation sites excluding steroid dienone is 2. The fraction of sp³-hybridized carbons (Fsp3) is 0.571. The van der Waals surface area contributed by atoms with Crippen LogP contribution >= 0.6 is 0 Å². The van der Waals surface area contributed by atoms with E-state index in [1.807, 2.05) is 13.8 Å². The van der Waals surface area contributed by atoms with Gasteiger partial charge in [0, 0.05) is 0 Å². The minimum atomic E-state index is -0.0509. The Morgan fingerprint density at radius 1 is 0.583 bits per heavy atom. The average molecular weight is 659 g/mol. The number of piperidine rings is 2. The SMILES string of the molecule is CCCOC(=O)C[N+]1(C/C=C(\C)Cc2ccc(-c3ccc(C/C(C)=C/C[N+]4(CC(=O)OCCC)CCCCC4)cc3)cc2)CCCCC1. The number of esters is 2. The van der Waals surface area contributed by atoms with Crippen LogP contribution in [0.15, 0.2) is 71.8 Å². The quantitative estimate of drug-likeness (QED) is 0.0976. The van der Waals surface area contributed by atoms with Gasteiger partial charge in [-0.15, -0.1) is 0 Å². The highest BCUT2D eigenvalue weighted by molar-refractivity contribution is 5.71. The van der Waals surface area contributed by atoms with Gasteiger partial charge in [-0.2, -0.15) is 0 Å². The zero-order valence-electron chi connectivity index (χ0n) is 30.4. The number of rotatable bonds is 17. The van der Waals surface area contributed by atoms with Gasteiger partial charge in [-0.1, -0.05) is 73.5 Å². The first kappa shape index (κ1) is 37.6. The summed E-state index contributed by atoms with van der Waals surface area (Å²) in [5.41, 5.74) is 7.79. The molecule has 2 aliphatic rings. The Labute approximate surface area is 291 Å². The molecule has 0 amide bonds. The van der Waals surface area contributed by atoms with Gasteiger partial charge < -0.3 is 18.4 Å². The van der Waals surface area contributed by atoms with Crippen LogP contribution in [0, 0.1) is 0 Å². The molecule has 0 spiro atoms. The third-order valence-corrected chi connectivity index (χ3v) is 10.3. The van der Waals surface area contributed by atoms with E-state index in [0.717, 1.165) is 73.9 Å². The van der Waals surface area contributed by atoms with Crippen LogP contribution in [0.3, 0.4) is 0 Å². The van der Waals surface area contributed by atoms with Crippen molar-refractivity contribution in [2.24, 2.45) is 0 Å². The molecule has 0 unspecified atom stereocenters. The van der Waals surface area contributed by atoms with Crippen molar-refractivity contribution < 1.29 is 28.0 Å². The maximum Gasteiger partial charge on any atom is 0.361 e. The Morgan fingerprint density at radius 3 is 1.27 bits per heavy atom. The molecule has 2 saturated heterocycles. The van der Waals surface area contributed by atoms with Crippen molar-refractivity contribution in [1.82, 2.24) is 0 Å². The Bertz CT molecular complexity index is 1240. The fourth-order valence-corrected chi connectivity index (χ4v) is 7.36. The molecule has 4 rings (SSSR count). The van der Waals surface area contributed by atoms with Crippen molar-refractivity contribution in [1.29, 1.82) is 0 Å². The van der Waals surface area contributed by atoms with E-state index in [9.17, 15) is 9.59 Å². The van der Waals surface area contributed by atoms with E-state index in [2.05, 4.69) is 74.5 Å². The zero-order valence-corrected chi connectivity index (χ0v) is 30.4. The molecule has 0 atom stereocenters. The molecule has 0 aromatic heterocycles. The first-order valence-corrected chi connectivity index (χ1v) is 18.7. The summed E-state index contributed by atoms with van der Waals surface area (Å²) in [7, 11) is 0. The van der Waals surface area contributed by atoms with Crippen LogP contribution in [0.25, 0.3) is 11.1 Å². The second kappa shape index (κ2) is 19.1. The summed E-state index contributed by atoms with van der Waals surface area (Å²) < 4.78 is 12.6. The van der Waals surface area contributed by atoms with Gasteiger partial charge >= 0.3 is 11.9 Å². The molecule has 2 heterocycles. The summed E-state index contributed by atoms with van der Waals surface area (Å²) in [5.74, 6) is -0.102. The molecule has 48 heavy (non-hydrogen) atoms. The Hall–Kier alpha value is -3.22. The van der Waals surface area contributed by atoms with Gasteiger partial charge in [-0.05, 0) is 112 Å². The molecule has 6 heteroatoms. The average Bonchev–Trinajstić information content (AvgIpc) is 3.10. The molecule has 6 nitrogen and oxygen atoms in total. The predicted molar refractivity (Wildman–Crippen MR) is 196 cm³/mol. The maximum atomic E-state index is 12.5. The lowest BCUT2D eigenvalue weighted by Gasteiger charge is -2.40. The van der Waals surface area contributed by atoms with Gasteiger partial charge in [0.05, 0.1) is 52.5 Å². The minimum Gasteiger partial charge on any atom is -0.462 e. The predicted octanol–water partition coefficient (Wildman–Crippen LogP) is 8.24. The largest absolute Gasteiger partial charge is 0.462 e. The summed E-state index contributed by atoms with van der Waals surface area (Å²) in [6.45, 7) is 16.6. The van der Waals surface area contributed by atoms with E-state index in [1.54, 1.807) is 0 Å². The molecule has 2 aromatic rings. The van der Waals surface area contributed by atoms with E-state index >= 15 is 0 Å². The van der Waals surface area contributed by atoms with Crippen molar-refractivity contribution in [3.8, 4) is 11.1 Å². The number of likely N-dealkylation sites (tertiary alicyclic amines) is 2. The van der Waals surface area contributed by atoms with Crippen LogP contribution in [0.2, 0.25) is 0 Å². The minimum absolute atomic E-state index is 0.0509. The van der Waals surface area contributed by atoms with Gasteiger partial charge in [0.2, 0.25) is 0 Å². The molecular weight excluding hydrogens is 596 g/mol. The van der Waals surface area contributed by atoms with E-state index < -0.39 is 0 Å². The van der Waals surface area contributed by atoms with Crippen LogP contribution in [-0.4, -0.2) is 86.5 Å². The van der Waals surface area contributed by atoms with E-state index in [-0.39, 0.29) is 11.9 Å². The van der Waals surface area contributed by atoms with Crippen LogP contribution in [0.5, 0.6) is 0 Å². The molecule has 0 aliphatic carbocycles. The number of nitrogens with zero attached hydrogens (tertiary/aromatic N) is 2. The molecule has 0 bridgehead atoms. The first-order chi connectivity index (χ1) is 23.2. The molecule has 0 saturated carbocycles. The van der Waals surface area contributed by atoms with Crippen LogP contribution in [0.4, 0.5) is 0 Å². The number of quaternary nitrogens is 2.